The molecule has 0 aliphatic rings. The summed E-state index contributed by atoms with van der Waals surface area (Å²) in [6.45, 7) is 13.5. The molecule has 0 spiro atoms. The van der Waals surface area contributed by atoms with Crippen molar-refractivity contribution in [3.8, 4) is 11.5 Å². The van der Waals surface area contributed by atoms with Crippen LogP contribution in [0.2, 0.25) is 0 Å². The van der Waals surface area contributed by atoms with Gasteiger partial charge in [-0.1, -0.05) is 54.6 Å². The first-order valence-electron chi connectivity index (χ1n) is 13.2. The zero-order valence-electron chi connectivity index (χ0n) is 24.5. The molecule has 0 fully saturated rings. The van der Waals surface area contributed by atoms with E-state index in [0.29, 0.717) is 18.7 Å². The average Bonchev–Trinajstić information content (AvgIpc) is 2.93. The molecule has 0 aromatic heterocycles. The van der Waals surface area contributed by atoms with Gasteiger partial charge in [-0.2, -0.15) is 6.92 Å². The Kier molecular flexibility index (Phi) is 14.0. The smallest absolute Gasteiger partial charge is 0.140 e. The van der Waals surface area contributed by atoms with E-state index in [1.165, 1.54) is 0 Å². The molecule has 0 saturated carbocycles. The molecule has 0 heterocycles. The minimum Gasteiger partial charge on any atom is -0.497 e. The van der Waals surface area contributed by atoms with Gasteiger partial charge in [-0.15, -0.1) is 0 Å². The van der Waals surface area contributed by atoms with Crippen LogP contribution in [0, 0.1) is 37.5 Å². The molecular formula is C32H43NO4PU-. The standard InChI is InChI=1S/C32H43NO4P.U/c1-9-29(23-36-38(8)33(24(2)3)25(4)5)37-32(26-13-11-10-12-14-26,27-15-19-30(34-6)20-16-27)28-17-21-31(35-7)22-18-28;/h9-22,24-25,29H,23H2,1-8H3;/q-1;. The van der Waals surface area contributed by atoms with E-state index in [1.807, 2.05) is 37.3 Å². The van der Waals surface area contributed by atoms with E-state index in [0.717, 1.165) is 28.2 Å². The Bertz CT molecular complexity index is 1040. The molecule has 39 heavy (non-hydrogen) atoms. The molecule has 0 bridgehead atoms. The van der Waals surface area contributed by atoms with Crippen molar-refractivity contribution in [3.05, 3.63) is 102 Å². The first-order chi connectivity index (χ1) is 18.3. The Morgan fingerprint density at radius 1 is 0.744 bits per heavy atom. The van der Waals surface area contributed by atoms with Crippen LogP contribution in [0.5, 0.6) is 11.5 Å². The van der Waals surface area contributed by atoms with Crippen molar-refractivity contribution < 1.29 is 49.8 Å². The number of rotatable bonds is 14. The third-order valence-electron chi connectivity index (χ3n) is 6.68. The third kappa shape index (κ3) is 8.32. The fourth-order valence-electron chi connectivity index (χ4n) is 4.95. The summed E-state index contributed by atoms with van der Waals surface area (Å²) in [4.78, 5) is 0. The van der Waals surface area contributed by atoms with Crippen molar-refractivity contribution in [2.45, 2.75) is 58.4 Å². The van der Waals surface area contributed by atoms with Gasteiger partial charge in [0.2, 0.25) is 0 Å². The summed E-state index contributed by atoms with van der Waals surface area (Å²) >= 11 is 0. The van der Waals surface area contributed by atoms with Gasteiger partial charge in [0.15, 0.2) is 0 Å². The Morgan fingerprint density at radius 2 is 1.18 bits per heavy atom. The number of ether oxygens (including phenoxy) is 3. The predicted octanol–water partition coefficient (Wildman–Crippen LogP) is 7.68. The predicted molar refractivity (Wildman–Crippen MR) is 158 cm³/mol. The van der Waals surface area contributed by atoms with Crippen molar-refractivity contribution in [2.24, 2.45) is 0 Å². The van der Waals surface area contributed by atoms with E-state index in [-0.39, 0.29) is 37.2 Å². The third-order valence-corrected chi connectivity index (χ3v) is 8.78. The van der Waals surface area contributed by atoms with E-state index >= 15 is 0 Å². The van der Waals surface area contributed by atoms with Gasteiger partial charge in [-0.05, 0) is 81.4 Å². The van der Waals surface area contributed by atoms with Gasteiger partial charge in [0.05, 0.1) is 20.8 Å². The largest absolute Gasteiger partial charge is 0.497 e. The fourth-order valence-corrected chi connectivity index (χ4v) is 6.75. The van der Waals surface area contributed by atoms with Crippen molar-refractivity contribution in [1.29, 1.82) is 0 Å². The summed E-state index contributed by atoms with van der Waals surface area (Å²) < 4.78 is 27.0. The molecular weight excluding hydrogens is 731 g/mol. The number of methoxy groups -OCH3 is 2. The van der Waals surface area contributed by atoms with Crippen LogP contribution in [0.25, 0.3) is 0 Å². The number of hydrogen-bond donors (Lipinski definition) is 0. The molecule has 0 amide bonds. The monoisotopic (exact) mass is 774 g/mol. The van der Waals surface area contributed by atoms with Crippen LogP contribution in [0.3, 0.4) is 0 Å². The summed E-state index contributed by atoms with van der Waals surface area (Å²) in [6.07, 6.45) is 1.83. The number of nitrogens with zero attached hydrogens (tertiary/aromatic N) is 1. The topological polar surface area (TPSA) is 40.2 Å². The minimum atomic E-state index is -0.882. The van der Waals surface area contributed by atoms with Gasteiger partial charge in [0, 0.05) is 43.2 Å². The first kappa shape index (κ1) is 33.8. The normalized spacial score (nSPS) is 13.3. The van der Waals surface area contributed by atoms with Crippen LogP contribution in [0.15, 0.2) is 78.9 Å². The summed E-state index contributed by atoms with van der Waals surface area (Å²) in [5.41, 5.74) is 2.16. The summed E-state index contributed by atoms with van der Waals surface area (Å²) in [7, 11) is 2.58. The van der Waals surface area contributed by atoms with Gasteiger partial charge in [0.1, 0.15) is 25.4 Å². The van der Waals surface area contributed by atoms with Crippen LogP contribution in [-0.4, -0.2) is 50.3 Å². The molecule has 0 N–H and O–H groups in total. The Labute approximate surface area is 260 Å². The minimum absolute atomic E-state index is 0. The van der Waals surface area contributed by atoms with Crippen LogP contribution in [-0.2, 0) is 14.9 Å². The van der Waals surface area contributed by atoms with E-state index in [4.69, 9.17) is 18.7 Å². The number of hydrogen-bond acceptors (Lipinski definition) is 5. The Morgan fingerprint density at radius 3 is 1.56 bits per heavy atom. The maximum absolute atomic E-state index is 7.17. The summed E-state index contributed by atoms with van der Waals surface area (Å²) in [6, 6.07) is 27.4. The Balaban J connectivity index is 0.00000533. The second kappa shape index (κ2) is 16.2. The van der Waals surface area contributed by atoms with Gasteiger partial charge >= 0.3 is 0 Å². The maximum Gasteiger partial charge on any atom is 0.140 e. The maximum atomic E-state index is 7.17. The molecule has 2 atom stereocenters. The van der Waals surface area contributed by atoms with Gasteiger partial charge in [-0.25, -0.2) is 0 Å². The van der Waals surface area contributed by atoms with Crippen molar-refractivity contribution >= 4 is 8.30 Å². The molecule has 0 radical (unpaired) electrons. The summed E-state index contributed by atoms with van der Waals surface area (Å²) in [5, 5.41) is 0. The van der Waals surface area contributed by atoms with Crippen LogP contribution < -0.4 is 9.47 Å². The van der Waals surface area contributed by atoms with Gasteiger partial charge < -0.3 is 25.2 Å². The van der Waals surface area contributed by atoms with Crippen molar-refractivity contribution in [3.63, 3.8) is 0 Å². The SMILES string of the molecule is C[CH-]C(COP(C)N(C(C)C)C(C)C)OC(c1ccccc1)(c1ccc(OC)cc1)c1ccc(OC)cc1.[U]. The molecule has 3 aromatic rings. The average molecular weight is 775 g/mol. The first-order valence-corrected chi connectivity index (χ1v) is 14.9. The Hall–Kier alpha value is -1.38. The zero-order chi connectivity index (χ0) is 27.7. The van der Waals surface area contributed by atoms with Crippen LogP contribution in [0.4, 0.5) is 0 Å². The molecule has 3 aromatic carbocycles. The quantitative estimate of drug-likeness (QED) is 0.0956. The second-order valence-corrected chi connectivity index (χ2v) is 11.5. The molecule has 5 nitrogen and oxygen atoms in total. The zero-order valence-corrected chi connectivity index (χ0v) is 29.6. The molecule has 7 heteroatoms. The van der Waals surface area contributed by atoms with Gasteiger partial charge in [0.25, 0.3) is 0 Å². The molecule has 0 aliphatic carbocycles. The van der Waals surface area contributed by atoms with Crippen molar-refractivity contribution in [2.75, 3.05) is 27.5 Å². The molecule has 0 aliphatic heterocycles. The van der Waals surface area contributed by atoms with E-state index < -0.39 is 13.9 Å². The van der Waals surface area contributed by atoms with E-state index in [1.54, 1.807) is 14.2 Å². The van der Waals surface area contributed by atoms with Gasteiger partial charge in [-0.3, -0.25) is 4.67 Å². The van der Waals surface area contributed by atoms with E-state index in [2.05, 4.69) is 94.0 Å². The molecule has 2 unspecified atom stereocenters. The van der Waals surface area contributed by atoms with Crippen LogP contribution in [0.1, 0.15) is 51.3 Å². The number of benzene rings is 3. The molecule has 3 rings (SSSR count). The molecule has 210 valence electrons. The van der Waals surface area contributed by atoms with Crippen molar-refractivity contribution in [1.82, 2.24) is 4.67 Å². The molecule has 0 saturated heterocycles. The summed E-state index contributed by atoms with van der Waals surface area (Å²) in [5.74, 6) is 1.60. The second-order valence-electron chi connectivity index (χ2n) is 9.82. The van der Waals surface area contributed by atoms with Crippen LogP contribution >= 0.6 is 8.30 Å². The van der Waals surface area contributed by atoms with E-state index in [9.17, 15) is 0 Å². The fraction of sp³-hybridized carbons (Fsp3) is 0.406.